The van der Waals surface area contributed by atoms with Crippen molar-refractivity contribution in [3.05, 3.63) is 71.3 Å². The van der Waals surface area contributed by atoms with Gasteiger partial charge in [0, 0.05) is 12.2 Å². The lowest BCUT2D eigenvalue weighted by atomic mass is 10.0. The Balaban J connectivity index is 2.17. The summed E-state index contributed by atoms with van der Waals surface area (Å²) in [7, 11) is 0. The molecule has 3 heteroatoms. The molecule has 0 saturated heterocycles. The predicted octanol–water partition coefficient (Wildman–Crippen LogP) is 2.85. The summed E-state index contributed by atoms with van der Waals surface area (Å²) >= 11 is 0. The maximum Gasteiger partial charge on any atom is 0.252 e. The molecule has 0 radical (unpaired) electrons. The number of benzene rings is 2. The number of rotatable bonds is 5. The molecule has 104 valence electrons. The van der Waals surface area contributed by atoms with Crippen molar-refractivity contribution in [2.45, 2.75) is 19.4 Å². The summed E-state index contributed by atoms with van der Waals surface area (Å²) in [5, 5.41) is 12.2. The van der Waals surface area contributed by atoms with Gasteiger partial charge in [-0.2, -0.15) is 0 Å². The molecule has 0 fully saturated rings. The first-order valence-electron chi connectivity index (χ1n) is 6.74. The van der Waals surface area contributed by atoms with Crippen LogP contribution in [-0.2, 0) is 0 Å². The predicted molar refractivity (Wildman–Crippen MR) is 79.5 cm³/mol. The summed E-state index contributed by atoms with van der Waals surface area (Å²) in [6.45, 7) is 1.95. The van der Waals surface area contributed by atoms with E-state index in [0.29, 0.717) is 12.0 Å². The smallest absolute Gasteiger partial charge is 0.252 e. The number of aliphatic hydroxyl groups excluding tert-OH is 1. The third-order valence-corrected chi connectivity index (χ3v) is 3.31. The van der Waals surface area contributed by atoms with Crippen LogP contribution in [0.3, 0.4) is 0 Å². The van der Waals surface area contributed by atoms with Crippen LogP contribution in [0.15, 0.2) is 54.6 Å². The van der Waals surface area contributed by atoms with Gasteiger partial charge in [0.25, 0.3) is 5.91 Å². The first-order valence-corrected chi connectivity index (χ1v) is 6.74. The van der Waals surface area contributed by atoms with Crippen molar-refractivity contribution in [3.8, 4) is 0 Å². The van der Waals surface area contributed by atoms with Gasteiger partial charge in [0.2, 0.25) is 0 Å². The van der Waals surface area contributed by atoms with E-state index in [1.165, 1.54) is 0 Å². The summed E-state index contributed by atoms with van der Waals surface area (Å²) in [6.07, 6.45) is 0.502. The molecule has 3 nitrogen and oxygen atoms in total. The Bertz CT molecular complexity index is 566. The van der Waals surface area contributed by atoms with Crippen molar-refractivity contribution in [3.63, 3.8) is 0 Å². The molecule has 0 aromatic heterocycles. The van der Waals surface area contributed by atoms with Crippen molar-refractivity contribution >= 4 is 5.91 Å². The maximum atomic E-state index is 12.3. The Morgan fingerprint density at radius 2 is 1.75 bits per heavy atom. The van der Waals surface area contributed by atoms with Crippen LogP contribution in [0.2, 0.25) is 0 Å². The van der Waals surface area contributed by atoms with E-state index in [2.05, 4.69) is 5.32 Å². The van der Waals surface area contributed by atoms with E-state index in [9.17, 15) is 9.90 Å². The van der Waals surface area contributed by atoms with Gasteiger partial charge in [0.1, 0.15) is 0 Å². The van der Waals surface area contributed by atoms with Crippen LogP contribution in [0.1, 0.15) is 33.9 Å². The van der Waals surface area contributed by atoms with Gasteiger partial charge in [-0.3, -0.25) is 4.79 Å². The number of carbonyl (C=O) groups is 1. The average molecular weight is 269 g/mol. The number of hydrogen-bond donors (Lipinski definition) is 2. The molecular formula is C17H19NO2. The Morgan fingerprint density at radius 1 is 1.10 bits per heavy atom. The molecule has 2 aromatic carbocycles. The van der Waals surface area contributed by atoms with Crippen LogP contribution >= 0.6 is 0 Å². The van der Waals surface area contributed by atoms with Crippen LogP contribution < -0.4 is 5.32 Å². The third-order valence-electron chi connectivity index (χ3n) is 3.31. The first kappa shape index (κ1) is 14.3. The van der Waals surface area contributed by atoms with Crippen molar-refractivity contribution in [2.24, 2.45) is 0 Å². The van der Waals surface area contributed by atoms with Gasteiger partial charge >= 0.3 is 0 Å². The highest BCUT2D eigenvalue weighted by Gasteiger charge is 2.16. The quantitative estimate of drug-likeness (QED) is 0.877. The lowest BCUT2D eigenvalue weighted by Crippen LogP contribution is -2.29. The van der Waals surface area contributed by atoms with Crippen LogP contribution in [0.4, 0.5) is 0 Å². The molecule has 2 N–H and O–H groups in total. The van der Waals surface area contributed by atoms with E-state index < -0.39 is 0 Å². The highest BCUT2D eigenvalue weighted by molar-refractivity contribution is 5.95. The molecule has 2 aromatic rings. The second kappa shape index (κ2) is 6.87. The summed E-state index contributed by atoms with van der Waals surface area (Å²) in [5.74, 6) is -0.106. The molecule has 1 unspecified atom stereocenters. The molecule has 0 spiro atoms. The molecule has 0 heterocycles. The highest BCUT2D eigenvalue weighted by atomic mass is 16.3. The lowest BCUT2D eigenvalue weighted by molar-refractivity contribution is 0.0929. The zero-order valence-electron chi connectivity index (χ0n) is 11.5. The number of hydrogen-bond acceptors (Lipinski definition) is 2. The summed E-state index contributed by atoms with van der Waals surface area (Å²) in [5.41, 5.74) is 2.62. The number of aliphatic hydroxyl groups is 1. The fourth-order valence-electron chi connectivity index (χ4n) is 2.20. The van der Waals surface area contributed by atoms with Crippen molar-refractivity contribution in [1.29, 1.82) is 0 Å². The van der Waals surface area contributed by atoms with Gasteiger partial charge in [-0.05, 0) is 30.5 Å². The number of aryl methyl sites for hydroxylation is 1. The largest absolute Gasteiger partial charge is 0.396 e. The second-order valence-corrected chi connectivity index (χ2v) is 4.76. The fourth-order valence-corrected chi connectivity index (χ4v) is 2.20. The summed E-state index contributed by atoms with van der Waals surface area (Å²) in [4.78, 5) is 12.3. The first-order chi connectivity index (χ1) is 9.72. The van der Waals surface area contributed by atoms with Crippen LogP contribution in [0.25, 0.3) is 0 Å². The standard InChI is InChI=1S/C17H19NO2/c1-13-7-5-6-10-15(13)17(20)18-16(11-12-19)14-8-3-2-4-9-14/h2-10,16,19H,11-12H2,1H3,(H,18,20). The normalized spacial score (nSPS) is 11.9. The van der Waals surface area contributed by atoms with E-state index in [0.717, 1.165) is 11.1 Å². The highest BCUT2D eigenvalue weighted by Crippen LogP contribution is 2.17. The average Bonchev–Trinajstić information content (AvgIpc) is 2.48. The van der Waals surface area contributed by atoms with Gasteiger partial charge < -0.3 is 10.4 Å². The van der Waals surface area contributed by atoms with Crippen molar-refractivity contribution in [1.82, 2.24) is 5.32 Å². The van der Waals surface area contributed by atoms with E-state index in [1.54, 1.807) is 0 Å². The molecule has 2 rings (SSSR count). The monoisotopic (exact) mass is 269 g/mol. The molecule has 20 heavy (non-hydrogen) atoms. The fraction of sp³-hybridized carbons (Fsp3) is 0.235. The zero-order valence-corrected chi connectivity index (χ0v) is 11.5. The minimum Gasteiger partial charge on any atom is -0.396 e. The molecule has 0 aliphatic rings. The molecular weight excluding hydrogens is 250 g/mol. The van der Waals surface area contributed by atoms with E-state index >= 15 is 0 Å². The zero-order chi connectivity index (χ0) is 14.4. The molecule has 0 aliphatic heterocycles. The van der Waals surface area contributed by atoms with Gasteiger partial charge in [-0.15, -0.1) is 0 Å². The van der Waals surface area contributed by atoms with Gasteiger partial charge in [-0.25, -0.2) is 0 Å². The van der Waals surface area contributed by atoms with E-state index in [1.807, 2.05) is 61.5 Å². The number of nitrogens with one attached hydrogen (secondary N) is 1. The molecule has 0 bridgehead atoms. The SMILES string of the molecule is Cc1ccccc1C(=O)NC(CCO)c1ccccc1. The van der Waals surface area contributed by atoms with Crippen molar-refractivity contribution in [2.75, 3.05) is 6.61 Å². The van der Waals surface area contributed by atoms with Crippen LogP contribution in [-0.4, -0.2) is 17.6 Å². The van der Waals surface area contributed by atoms with E-state index in [-0.39, 0.29) is 18.6 Å². The minimum absolute atomic E-state index is 0.0353. The topological polar surface area (TPSA) is 49.3 Å². The Labute approximate surface area is 119 Å². The summed E-state index contributed by atoms with van der Waals surface area (Å²) in [6, 6.07) is 17.0. The minimum atomic E-state index is -0.173. The van der Waals surface area contributed by atoms with Gasteiger partial charge in [-0.1, -0.05) is 48.5 Å². The number of amides is 1. The Kier molecular flexibility index (Phi) is 4.91. The van der Waals surface area contributed by atoms with Gasteiger partial charge in [0.15, 0.2) is 0 Å². The molecule has 0 saturated carbocycles. The number of carbonyl (C=O) groups excluding carboxylic acids is 1. The van der Waals surface area contributed by atoms with Crippen LogP contribution in [0.5, 0.6) is 0 Å². The Hall–Kier alpha value is -2.13. The summed E-state index contributed by atoms with van der Waals surface area (Å²) < 4.78 is 0. The second-order valence-electron chi connectivity index (χ2n) is 4.76. The van der Waals surface area contributed by atoms with Crippen LogP contribution in [0, 0.1) is 6.92 Å². The lowest BCUT2D eigenvalue weighted by Gasteiger charge is -2.19. The maximum absolute atomic E-state index is 12.3. The van der Waals surface area contributed by atoms with Crippen molar-refractivity contribution < 1.29 is 9.90 Å². The Morgan fingerprint density at radius 3 is 2.40 bits per heavy atom. The van der Waals surface area contributed by atoms with E-state index in [4.69, 9.17) is 0 Å². The molecule has 1 atom stereocenters. The molecule has 1 amide bonds. The third kappa shape index (κ3) is 3.45. The molecule has 0 aliphatic carbocycles. The van der Waals surface area contributed by atoms with Gasteiger partial charge in [0.05, 0.1) is 6.04 Å².